The predicted octanol–water partition coefficient (Wildman–Crippen LogP) is 1.88. The van der Waals surface area contributed by atoms with E-state index in [2.05, 4.69) is 20.3 Å². The highest BCUT2D eigenvalue weighted by Crippen LogP contribution is 2.13. The highest BCUT2D eigenvalue weighted by atomic mass is 16.5. The minimum Gasteiger partial charge on any atom is -0.484 e. The third kappa shape index (κ3) is 4.25. The van der Waals surface area contributed by atoms with Gasteiger partial charge in [-0.05, 0) is 31.2 Å². The Morgan fingerprint density at radius 3 is 2.68 bits per heavy atom. The Morgan fingerprint density at radius 2 is 2.00 bits per heavy atom. The largest absolute Gasteiger partial charge is 0.484 e. The van der Waals surface area contributed by atoms with E-state index in [0.717, 1.165) is 0 Å². The van der Waals surface area contributed by atoms with Gasteiger partial charge in [0.1, 0.15) is 30.0 Å². The molecule has 0 aliphatic heterocycles. The van der Waals surface area contributed by atoms with Crippen molar-refractivity contribution in [2.24, 2.45) is 0 Å². The first-order valence-electron chi connectivity index (χ1n) is 7.46. The SMILES string of the molecule is CC(=O)c1ccc(OCC(=O)Nc2cc(-n3ccnc3)ncn2)cc1. The molecule has 8 heteroatoms. The van der Waals surface area contributed by atoms with Gasteiger partial charge in [-0.15, -0.1) is 0 Å². The summed E-state index contributed by atoms with van der Waals surface area (Å²) in [6.07, 6.45) is 6.32. The molecule has 0 atom stereocenters. The molecular formula is C17H15N5O3. The maximum atomic E-state index is 12.0. The van der Waals surface area contributed by atoms with Gasteiger partial charge in [0.2, 0.25) is 0 Å². The minimum absolute atomic E-state index is 0.0262. The molecule has 2 aromatic heterocycles. The fraction of sp³-hybridized carbons (Fsp3) is 0.118. The number of nitrogens with zero attached hydrogens (tertiary/aromatic N) is 4. The number of hydrogen-bond acceptors (Lipinski definition) is 6. The predicted molar refractivity (Wildman–Crippen MR) is 89.7 cm³/mol. The van der Waals surface area contributed by atoms with Crippen molar-refractivity contribution in [2.45, 2.75) is 6.92 Å². The number of ketones is 1. The van der Waals surface area contributed by atoms with Gasteiger partial charge in [0.15, 0.2) is 12.4 Å². The molecule has 0 aliphatic rings. The number of ether oxygens (including phenoxy) is 1. The topological polar surface area (TPSA) is 99.0 Å². The van der Waals surface area contributed by atoms with Gasteiger partial charge >= 0.3 is 0 Å². The number of carbonyl (C=O) groups is 2. The smallest absolute Gasteiger partial charge is 0.263 e. The second-order valence-corrected chi connectivity index (χ2v) is 5.15. The summed E-state index contributed by atoms with van der Waals surface area (Å²) >= 11 is 0. The molecule has 25 heavy (non-hydrogen) atoms. The van der Waals surface area contributed by atoms with Crippen LogP contribution >= 0.6 is 0 Å². The molecule has 126 valence electrons. The first kappa shape index (κ1) is 16.3. The van der Waals surface area contributed by atoms with Crippen LogP contribution < -0.4 is 10.1 Å². The van der Waals surface area contributed by atoms with Gasteiger partial charge in [-0.3, -0.25) is 14.2 Å². The fourth-order valence-corrected chi connectivity index (χ4v) is 2.06. The second-order valence-electron chi connectivity index (χ2n) is 5.15. The average Bonchev–Trinajstić information content (AvgIpc) is 3.15. The Labute approximate surface area is 143 Å². The van der Waals surface area contributed by atoms with Crippen LogP contribution in [0.15, 0.2) is 55.4 Å². The standard InChI is InChI=1S/C17H15N5O3/c1-12(23)13-2-4-14(5-3-13)25-9-17(24)21-15-8-16(20-10-19-15)22-7-6-18-11-22/h2-8,10-11H,9H2,1H3,(H,19,20,21,24). The first-order chi connectivity index (χ1) is 12.1. The van der Waals surface area contributed by atoms with Gasteiger partial charge in [-0.25, -0.2) is 15.0 Å². The monoisotopic (exact) mass is 337 g/mol. The number of anilines is 1. The van der Waals surface area contributed by atoms with Gasteiger partial charge in [-0.2, -0.15) is 0 Å². The highest BCUT2D eigenvalue weighted by Gasteiger charge is 2.07. The van der Waals surface area contributed by atoms with Crippen molar-refractivity contribution >= 4 is 17.5 Å². The Hall–Kier alpha value is -3.55. The Morgan fingerprint density at radius 1 is 1.20 bits per heavy atom. The maximum Gasteiger partial charge on any atom is 0.263 e. The Bertz CT molecular complexity index is 876. The number of imidazole rings is 1. The number of aromatic nitrogens is 4. The van der Waals surface area contributed by atoms with E-state index in [9.17, 15) is 9.59 Å². The van der Waals surface area contributed by atoms with Crippen molar-refractivity contribution in [3.8, 4) is 11.6 Å². The maximum absolute atomic E-state index is 12.0. The number of amides is 1. The van der Waals surface area contributed by atoms with Crippen LogP contribution in [0.2, 0.25) is 0 Å². The molecule has 3 aromatic rings. The van der Waals surface area contributed by atoms with E-state index >= 15 is 0 Å². The number of nitrogens with one attached hydrogen (secondary N) is 1. The van der Waals surface area contributed by atoms with Crippen molar-refractivity contribution in [2.75, 3.05) is 11.9 Å². The molecule has 0 saturated heterocycles. The molecule has 1 aromatic carbocycles. The van der Waals surface area contributed by atoms with Gasteiger partial charge in [0, 0.05) is 24.0 Å². The summed E-state index contributed by atoms with van der Waals surface area (Å²) in [6, 6.07) is 8.22. The molecule has 1 N–H and O–H groups in total. The lowest BCUT2D eigenvalue weighted by Gasteiger charge is -2.08. The summed E-state index contributed by atoms with van der Waals surface area (Å²) in [5, 5.41) is 2.64. The fourth-order valence-electron chi connectivity index (χ4n) is 2.06. The zero-order valence-electron chi connectivity index (χ0n) is 13.4. The molecule has 0 saturated carbocycles. The van der Waals surface area contributed by atoms with E-state index in [-0.39, 0.29) is 18.3 Å². The van der Waals surface area contributed by atoms with E-state index in [4.69, 9.17) is 4.74 Å². The minimum atomic E-state index is -0.356. The zero-order chi connectivity index (χ0) is 17.6. The quantitative estimate of drug-likeness (QED) is 0.690. The lowest BCUT2D eigenvalue weighted by atomic mass is 10.1. The van der Waals surface area contributed by atoms with Gasteiger partial charge in [0.25, 0.3) is 5.91 Å². The van der Waals surface area contributed by atoms with Gasteiger partial charge < -0.3 is 10.1 Å². The van der Waals surface area contributed by atoms with Crippen molar-refractivity contribution in [3.63, 3.8) is 0 Å². The summed E-state index contributed by atoms with van der Waals surface area (Å²) < 4.78 is 7.09. The van der Waals surface area contributed by atoms with Gasteiger partial charge in [0.05, 0.1) is 0 Å². The molecule has 0 radical (unpaired) electrons. The van der Waals surface area contributed by atoms with E-state index in [1.807, 2.05) is 0 Å². The van der Waals surface area contributed by atoms with Crippen LogP contribution in [0.5, 0.6) is 5.75 Å². The molecule has 0 aliphatic carbocycles. The molecule has 8 nitrogen and oxygen atoms in total. The Kier molecular flexibility index (Phi) is 4.79. The molecule has 0 bridgehead atoms. The second kappa shape index (κ2) is 7.35. The lowest BCUT2D eigenvalue weighted by Crippen LogP contribution is -2.21. The van der Waals surface area contributed by atoms with Crippen LogP contribution in [0.25, 0.3) is 5.82 Å². The van der Waals surface area contributed by atoms with Crippen LogP contribution in [0, 0.1) is 0 Å². The zero-order valence-corrected chi connectivity index (χ0v) is 13.4. The number of benzene rings is 1. The highest BCUT2D eigenvalue weighted by molar-refractivity contribution is 5.94. The van der Waals surface area contributed by atoms with Crippen LogP contribution in [0.3, 0.4) is 0 Å². The molecule has 3 rings (SSSR count). The molecule has 0 unspecified atom stereocenters. The van der Waals surface area contributed by atoms with E-state index in [1.165, 1.54) is 13.3 Å². The van der Waals surface area contributed by atoms with Crippen LogP contribution in [0.1, 0.15) is 17.3 Å². The van der Waals surface area contributed by atoms with E-state index in [1.54, 1.807) is 53.6 Å². The van der Waals surface area contributed by atoms with E-state index < -0.39 is 0 Å². The van der Waals surface area contributed by atoms with Crippen LogP contribution in [0.4, 0.5) is 5.82 Å². The summed E-state index contributed by atoms with van der Waals surface area (Å²) in [6.45, 7) is 1.31. The first-order valence-corrected chi connectivity index (χ1v) is 7.46. The molecule has 0 fully saturated rings. The van der Waals surface area contributed by atoms with Gasteiger partial charge in [-0.1, -0.05) is 0 Å². The number of Topliss-reactive ketones (excluding diaryl/α,β-unsaturated/α-hetero) is 1. The van der Waals surface area contributed by atoms with Crippen molar-refractivity contribution < 1.29 is 14.3 Å². The van der Waals surface area contributed by atoms with Crippen molar-refractivity contribution in [1.82, 2.24) is 19.5 Å². The normalized spacial score (nSPS) is 10.3. The summed E-state index contributed by atoms with van der Waals surface area (Å²) in [5.74, 6) is 1.07. The van der Waals surface area contributed by atoms with Crippen molar-refractivity contribution in [1.29, 1.82) is 0 Å². The molecule has 1 amide bonds. The van der Waals surface area contributed by atoms with Crippen molar-refractivity contribution in [3.05, 3.63) is 60.9 Å². The summed E-state index contributed by atoms with van der Waals surface area (Å²) in [4.78, 5) is 35.3. The third-order valence-corrected chi connectivity index (χ3v) is 3.32. The number of hydrogen-bond donors (Lipinski definition) is 1. The summed E-state index contributed by atoms with van der Waals surface area (Å²) in [5.41, 5.74) is 0.588. The lowest BCUT2D eigenvalue weighted by molar-refractivity contribution is -0.118. The van der Waals surface area contributed by atoms with E-state index in [0.29, 0.717) is 22.9 Å². The Balaban J connectivity index is 1.57. The molecule has 0 spiro atoms. The van der Waals surface area contributed by atoms with Crippen LogP contribution in [-0.2, 0) is 4.79 Å². The number of carbonyl (C=O) groups excluding carboxylic acids is 2. The average molecular weight is 337 g/mol. The molecular weight excluding hydrogens is 322 g/mol. The number of rotatable bonds is 6. The molecule has 2 heterocycles. The third-order valence-electron chi connectivity index (χ3n) is 3.32. The summed E-state index contributed by atoms with van der Waals surface area (Å²) in [7, 11) is 0. The van der Waals surface area contributed by atoms with Crippen LogP contribution in [-0.4, -0.2) is 37.8 Å².